The molecule has 0 N–H and O–H groups in total. The second-order valence-corrected chi connectivity index (χ2v) is 6.16. The summed E-state index contributed by atoms with van der Waals surface area (Å²) in [5, 5.41) is 0. The van der Waals surface area contributed by atoms with Gasteiger partial charge < -0.3 is 0 Å². The average Bonchev–Trinajstić information content (AvgIpc) is 3.00. The summed E-state index contributed by atoms with van der Waals surface area (Å²) in [7, 11) is 0. The van der Waals surface area contributed by atoms with E-state index in [4.69, 9.17) is 0 Å². The van der Waals surface area contributed by atoms with Crippen molar-refractivity contribution in [2.24, 2.45) is 11.8 Å². The fourth-order valence-electron chi connectivity index (χ4n) is 4.12. The third kappa shape index (κ3) is 1.73. The van der Waals surface area contributed by atoms with Gasteiger partial charge >= 0.3 is 0 Å². The molecule has 104 valence electrons. The van der Waals surface area contributed by atoms with Gasteiger partial charge in [0.2, 0.25) is 0 Å². The molecule has 3 atom stereocenters. The van der Waals surface area contributed by atoms with Crippen LogP contribution in [0.3, 0.4) is 0 Å². The van der Waals surface area contributed by atoms with Crippen molar-refractivity contribution in [2.75, 3.05) is 0 Å². The smallest absolute Gasteiger partial charge is 0.148 e. The molecule has 0 aromatic heterocycles. The summed E-state index contributed by atoms with van der Waals surface area (Å²) in [6.07, 6.45) is 6.18. The van der Waals surface area contributed by atoms with Crippen molar-refractivity contribution < 1.29 is 4.79 Å². The molecular weight excluding hydrogens is 256 g/mol. The predicted molar refractivity (Wildman–Crippen MR) is 84.0 cm³/mol. The van der Waals surface area contributed by atoms with Crippen LogP contribution in [-0.2, 0) is 16.6 Å². The molecule has 4 rings (SSSR count). The standard InChI is InChI=1S/C20H18O/c21-19-17-12-7-13-18(17)20(19,16-10-5-2-6-11-16)14-15-8-3-1-4-9-15/h1-11,13,17-18H,12,14H2/t17-,18+,20-/m1/s1. The molecular formula is C20H18O. The fourth-order valence-corrected chi connectivity index (χ4v) is 4.12. The van der Waals surface area contributed by atoms with Gasteiger partial charge in [-0.3, -0.25) is 4.79 Å². The summed E-state index contributed by atoms with van der Waals surface area (Å²) < 4.78 is 0. The van der Waals surface area contributed by atoms with Gasteiger partial charge in [-0.05, 0) is 24.0 Å². The van der Waals surface area contributed by atoms with Crippen LogP contribution >= 0.6 is 0 Å². The van der Waals surface area contributed by atoms with E-state index in [-0.39, 0.29) is 11.3 Å². The minimum Gasteiger partial charge on any atom is -0.298 e. The van der Waals surface area contributed by atoms with Crippen LogP contribution < -0.4 is 0 Å². The molecule has 2 aliphatic carbocycles. The Labute approximate surface area is 125 Å². The topological polar surface area (TPSA) is 17.1 Å². The largest absolute Gasteiger partial charge is 0.298 e. The number of hydrogen-bond donors (Lipinski definition) is 0. The van der Waals surface area contributed by atoms with Gasteiger partial charge in [0, 0.05) is 11.8 Å². The highest BCUT2D eigenvalue weighted by Crippen LogP contribution is 2.56. The number of benzene rings is 2. The first-order chi connectivity index (χ1) is 10.3. The Kier molecular flexibility index (Phi) is 2.81. The summed E-state index contributed by atoms with van der Waals surface area (Å²) in [4.78, 5) is 12.9. The minimum absolute atomic E-state index is 0.217. The molecule has 0 heterocycles. The molecule has 0 aliphatic heterocycles. The summed E-state index contributed by atoms with van der Waals surface area (Å²) >= 11 is 0. The minimum atomic E-state index is -0.347. The molecule has 1 nitrogen and oxygen atoms in total. The van der Waals surface area contributed by atoms with Crippen LogP contribution in [-0.4, -0.2) is 5.78 Å². The second-order valence-electron chi connectivity index (χ2n) is 6.16. The van der Waals surface area contributed by atoms with Crippen LogP contribution in [0, 0.1) is 11.8 Å². The number of allylic oxidation sites excluding steroid dienone is 2. The lowest BCUT2D eigenvalue weighted by atomic mass is 9.49. The van der Waals surface area contributed by atoms with Crippen molar-refractivity contribution >= 4 is 5.78 Å². The maximum atomic E-state index is 12.9. The van der Waals surface area contributed by atoms with E-state index in [9.17, 15) is 4.79 Å². The number of carbonyl (C=O) groups excluding carboxylic acids is 1. The van der Waals surface area contributed by atoms with Crippen molar-refractivity contribution in [1.82, 2.24) is 0 Å². The van der Waals surface area contributed by atoms with E-state index in [1.807, 2.05) is 24.3 Å². The zero-order valence-corrected chi connectivity index (χ0v) is 11.9. The molecule has 1 heteroatoms. The van der Waals surface area contributed by atoms with Gasteiger partial charge in [0.15, 0.2) is 0 Å². The van der Waals surface area contributed by atoms with Crippen molar-refractivity contribution in [3.8, 4) is 0 Å². The first-order valence-electron chi connectivity index (χ1n) is 7.63. The van der Waals surface area contributed by atoms with E-state index in [1.165, 1.54) is 11.1 Å². The van der Waals surface area contributed by atoms with Gasteiger partial charge in [0.1, 0.15) is 5.78 Å². The Morgan fingerprint density at radius 2 is 1.62 bits per heavy atom. The third-order valence-electron chi connectivity index (χ3n) is 5.13. The number of Topliss-reactive ketones (excluding diaryl/α,β-unsaturated/α-hetero) is 1. The third-order valence-corrected chi connectivity index (χ3v) is 5.13. The average molecular weight is 274 g/mol. The zero-order chi connectivity index (χ0) is 14.3. The van der Waals surface area contributed by atoms with Crippen LogP contribution in [0.5, 0.6) is 0 Å². The van der Waals surface area contributed by atoms with Gasteiger partial charge in [-0.2, -0.15) is 0 Å². The first kappa shape index (κ1) is 12.6. The molecule has 2 aliphatic rings. The van der Waals surface area contributed by atoms with E-state index in [0.717, 1.165) is 12.8 Å². The number of hydrogen-bond acceptors (Lipinski definition) is 1. The van der Waals surface area contributed by atoms with Gasteiger partial charge in [0.25, 0.3) is 0 Å². The number of rotatable bonds is 3. The Bertz CT molecular complexity index is 686. The predicted octanol–water partition coefficient (Wildman–Crippen LogP) is 3.94. The Hall–Kier alpha value is -2.15. The lowest BCUT2D eigenvalue weighted by Gasteiger charge is -2.51. The number of ketones is 1. The summed E-state index contributed by atoms with van der Waals surface area (Å²) in [5.74, 6) is 1.01. The maximum absolute atomic E-state index is 12.9. The quantitative estimate of drug-likeness (QED) is 0.775. The van der Waals surface area contributed by atoms with E-state index >= 15 is 0 Å². The van der Waals surface area contributed by atoms with E-state index in [1.54, 1.807) is 0 Å². The first-order valence-corrected chi connectivity index (χ1v) is 7.63. The second kappa shape index (κ2) is 4.70. The van der Waals surface area contributed by atoms with Gasteiger partial charge in [-0.1, -0.05) is 72.8 Å². The highest BCUT2D eigenvalue weighted by Gasteiger charge is 2.61. The Balaban J connectivity index is 1.80. The molecule has 2 aromatic rings. The van der Waals surface area contributed by atoms with Crippen LogP contribution in [0.2, 0.25) is 0 Å². The van der Waals surface area contributed by atoms with Gasteiger partial charge in [-0.15, -0.1) is 0 Å². The lowest BCUT2D eigenvalue weighted by molar-refractivity contribution is -0.143. The van der Waals surface area contributed by atoms with Crippen LogP contribution in [0.1, 0.15) is 17.5 Å². The fraction of sp³-hybridized carbons (Fsp3) is 0.250. The molecule has 0 spiro atoms. The molecule has 0 amide bonds. The zero-order valence-electron chi connectivity index (χ0n) is 11.9. The molecule has 1 fully saturated rings. The Morgan fingerprint density at radius 1 is 0.952 bits per heavy atom. The highest BCUT2D eigenvalue weighted by molar-refractivity contribution is 6.00. The monoisotopic (exact) mass is 274 g/mol. The number of fused-ring (bicyclic) bond motifs is 1. The van der Waals surface area contributed by atoms with Gasteiger partial charge in [0.05, 0.1) is 5.41 Å². The summed E-state index contributed by atoms with van der Waals surface area (Å²) in [6.45, 7) is 0. The van der Waals surface area contributed by atoms with Crippen molar-refractivity contribution in [1.29, 1.82) is 0 Å². The highest BCUT2D eigenvalue weighted by atomic mass is 16.1. The Morgan fingerprint density at radius 3 is 2.33 bits per heavy atom. The van der Waals surface area contributed by atoms with Crippen LogP contribution in [0.25, 0.3) is 0 Å². The molecule has 0 unspecified atom stereocenters. The molecule has 0 radical (unpaired) electrons. The van der Waals surface area contributed by atoms with E-state index in [2.05, 4.69) is 48.6 Å². The molecule has 1 saturated carbocycles. The van der Waals surface area contributed by atoms with Crippen molar-refractivity contribution in [2.45, 2.75) is 18.3 Å². The van der Waals surface area contributed by atoms with Crippen LogP contribution in [0.4, 0.5) is 0 Å². The number of carbonyl (C=O) groups is 1. The molecule has 0 saturated heterocycles. The van der Waals surface area contributed by atoms with Crippen LogP contribution in [0.15, 0.2) is 72.8 Å². The molecule has 0 bridgehead atoms. The molecule has 2 aromatic carbocycles. The van der Waals surface area contributed by atoms with Crippen molar-refractivity contribution in [3.05, 3.63) is 83.9 Å². The van der Waals surface area contributed by atoms with Gasteiger partial charge in [-0.25, -0.2) is 0 Å². The summed E-state index contributed by atoms with van der Waals surface area (Å²) in [5.41, 5.74) is 2.07. The van der Waals surface area contributed by atoms with Crippen molar-refractivity contribution in [3.63, 3.8) is 0 Å². The normalized spacial score (nSPS) is 30.0. The van der Waals surface area contributed by atoms with E-state index in [0.29, 0.717) is 11.7 Å². The lowest BCUT2D eigenvalue weighted by Crippen LogP contribution is -2.60. The SMILES string of the molecule is O=C1[C@@H]2CC=C[C@@H]2[C@@]1(Cc1ccccc1)c1ccccc1. The molecule has 21 heavy (non-hydrogen) atoms. The van der Waals surface area contributed by atoms with E-state index < -0.39 is 0 Å². The summed E-state index contributed by atoms with van der Waals surface area (Å²) in [6, 6.07) is 20.7. The maximum Gasteiger partial charge on any atom is 0.148 e.